The minimum absolute atomic E-state index is 0.0174. The van der Waals surface area contributed by atoms with Gasteiger partial charge in [-0.3, -0.25) is 4.68 Å². The van der Waals surface area contributed by atoms with Crippen LogP contribution in [0.25, 0.3) is 11.3 Å². The maximum atomic E-state index is 13.9. The number of benzene rings is 1. The van der Waals surface area contributed by atoms with E-state index in [0.717, 1.165) is 6.07 Å². The Morgan fingerprint density at radius 3 is 2.00 bits per heavy atom. The summed E-state index contributed by atoms with van der Waals surface area (Å²) in [7, 11) is 0. The third-order valence-electron chi connectivity index (χ3n) is 2.85. The van der Waals surface area contributed by atoms with Crippen LogP contribution >= 0.6 is 0 Å². The molecule has 0 unspecified atom stereocenters. The standard InChI is InChI=1S/C14H15F3N2.C2H6/c1-8-7-18-19(14(2,3)4)13(8)9-5-11(16)12(17)6-10(9)15;1-2/h5-7H,1-4H3;1-2H3. The Labute approximate surface area is 123 Å². The number of halogens is 3. The molecule has 0 aliphatic heterocycles. The van der Waals surface area contributed by atoms with Crippen molar-refractivity contribution in [1.29, 1.82) is 0 Å². The molecule has 2 rings (SSSR count). The number of hydrogen-bond acceptors (Lipinski definition) is 1. The molecule has 21 heavy (non-hydrogen) atoms. The zero-order valence-electron chi connectivity index (χ0n) is 13.3. The second kappa shape index (κ2) is 6.33. The summed E-state index contributed by atoms with van der Waals surface area (Å²) in [5.74, 6) is -3.06. The van der Waals surface area contributed by atoms with Gasteiger partial charge in [0.15, 0.2) is 11.6 Å². The van der Waals surface area contributed by atoms with Gasteiger partial charge in [0.05, 0.1) is 17.4 Å². The van der Waals surface area contributed by atoms with E-state index < -0.39 is 17.5 Å². The first-order valence-electron chi connectivity index (χ1n) is 6.92. The van der Waals surface area contributed by atoms with Gasteiger partial charge in [-0.1, -0.05) is 13.8 Å². The number of aryl methyl sites for hydroxylation is 1. The highest BCUT2D eigenvalue weighted by atomic mass is 19.2. The minimum atomic E-state index is -1.19. The molecule has 0 spiro atoms. The molecular formula is C16H21F3N2. The van der Waals surface area contributed by atoms with Gasteiger partial charge in [0.25, 0.3) is 0 Å². The van der Waals surface area contributed by atoms with Crippen LogP contribution in [0.5, 0.6) is 0 Å². The zero-order chi connectivity index (χ0) is 16.4. The van der Waals surface area contributed by atoms with Gasteiger partial charge in [0, 0.05) is 11.6 Å². The van der Waals surface area contributed by atoms with Crippen molar-refractivity contribution in [2.75, 3.05) is 0 Å². The molecule has 0 amide bonds. The van der Waals surface area contributed by atoms with Crippen LogP contribution in [0.4, 0.5) is 13.2 Å². The molecule has 0 atom stereocenters. The first-order chi connectivity index (χ1) is 9.71. The number of rotatable bonds is 1. The average molecular weight is 298 g/mol. The maximum absolute atomic E-state index is 13.9. The molecule has 5 heteroatoms. The van der Waals surface area contributed by atoms with Gasteiger partial charge in [-0.25, -0.2) is 13.2 Å². The van der Waals surface area contributed by atoms with Crippen molar-refractivity contribution in [1.82, 2.24) is 9.78 Å². The van der Waals surface area contributed by atoms with Crippen molar-refractivity contribution in [3.05, 3.63) is 41.3 Å². The Kier molecular flexibility index (Phi) is 5.20. The lowest BCUT2D eigenvalue weighted by Crippen LogP contribution is -2.24. The van der Waals surface area contributed by atoms with Crippen LogP contribution in [0.3, 0.4) is 0 Å². The molecule has 116 valence electrons. The molecule has 0 aliphatic rings. The predicted molar refractivity (Wildman–Crippen MR) is 78.6 cm³/mol. The summed E-state index contributed by atoms with van der Waals surface area (Å²) in [6.07, 6.45) is 1.58. The van der Waals surface area contributed by atoms with E-state index in [1.807, 2.05) is 34.6 Å². The highest BCUT2D eigenvalue weighted by Crippen LogP contribution is 2.31. The van der Waals surface area contributed by atoms with Crippen molar-refractivity contribution in [3.8, 4) is 11.3 Å². The molecule has 0 saturated heterocycles. The van der Waals surface area contributed by atoms with Crippen LogP contribution in [0.15, 0.2) is 18.3 Å². The summed E-state index contributed by atoms with van der Waals surface area (Å²) < 4.78 is 41.8. The van der Waals surface area contributed by atoms with Crippen LogP contribution in [0.2, 0.25) is 0 Å². The molecule has 0 radical (unpaired) electrons. The van der Waals surface area contributed by atoms with E-state index in [4.69, 9.17) is 0 Å². The molecule has 0 saturated carbocycles. The third-order valence-corrected chi connectivity index (χ3v) is 2.85. The summed E-state index contributed by atoms with van der Waals surface area (Å²) >= 11 is 0. The van der Waals surface area contributed by atoms with Crippen molar-refractivity contribution in [3.63, 3.8) is 0 Å². The van der Waals surface area contributed by atoms with Gasteiger partial charge >= 0.3 is 0 Å². The lowest BCUT2D eigenvalue weighted by Gasteiger charge is -2.23. The lowest BCUT2D eigenvalue weighted by atomic mass is 10.0. The molecule has 0 aliphatic carbocycles. The summed E-state index contributed by atoms with van der Waals surface area (Å²) in [4.78, 5) is 0. The normalized spacial score (nSPS) is 11.1. The second-order valence-corrected chi connectivity index (χ2v) is 5.50. The van der Waals surface area contributed by atoms with Crippen molar-refractivity contribution in [2.45, 2.75) is 47.1 Å². The Morgan fingerprint density at radius 2 is 1.48 bits per heavy atom. The fraction of sp³-hybridized carbons (Fsp3) is 0.438. The summed E-state index contributed by atoms with van der Waals surface area (Å²) in [6, 6.07) is 1.43. The number of aromatic nitrogens is 2. The van der Waals surface area contributed by atoms with E-state index in [0.29, 0.717) is 17.3 Å². The van der Waals surface area contributed by atoms with E-state index in [9.17, 15) is 13.2 Å². The molecule has 2 nitrogen and oxygen atoms in total. The molecule has 0 fully saturated rings. The first-order valence-corrected chi connectivity index (χ1v) is 6.92. The SMILES string of the molecule is CC.Cc1cnn(C(C)(C)C)c1-c1cc(F)c(F)cc1F. The van der Waals surface area contributed by atoms with Gasteiger partial charge in [-0.05, 0) is 39.3 Å². The number of nitrogens with zero attached hydrogens (tertiary/aromatic N) is 2. The minimum Gasteiger partial charge on any atom is -0.259 e. The molecule has 1 aromatic heterocycles. The van der Waals surface area contributed by atoms with Gasteiger partial charge in [0.1, 0.15) is 5.82 Å². The molecular weight excluding hydrogens is 277 g/mol. The van der Waals surface area contributed by atoms with Crippen LogP contribution < -0.4 is 0 Å². The van der Waals surface area contributed by atoms with Crippen molar-refractivity contribution < 1.29 is 13.2 Å². The highest BCUT2D eigenvalue weighted by molar-refractivity contribution is 5.64. The molecule has 2 aromatic rings. The summed E-state index contributed by atoms with van der Waals surface area (Å²) in [5, 5.41) is 4.19. The van der Waals surface area contributed by atoms with Gasteiger partial charge in [0.2, 0.25) is 0 Å². The Balaban J connectivity index is 0.00000106. The molecule has 0 bridgehead atoms. The first kappa shape index (κ1) is 17.3. The van der Waals surface area contributed by atoms with E-state index in [1.165, 1.54) is 0 Å². The second-order valence-electron chi connectivity index (χ2n) is 5.50. The topological polar surface area (TPSA) is 17.8 Å². The van der Waals surface area contributed by atoms with Crippen LogP contribution in [0, 0.1) is 24.4 Å². The maximum Gasteiger partial charge on any atom is 0.161 e. The Hall–Kier alpha value is -1.78. The highest BCUT2D eigenvalue weighted by Gasteiger charge is 2.23. The van der Waals surface area contributed by atoms with E-state index in [1.54, 1.807) is 17.8 Å². The molecule has 1 heterocycles. The molecule has 0 N–H and O–H groups in total. The van der Waals surface area contributed by atoms with Gasteiger partial charge in [-0.2, -0.15) is 5.10 Å². The van der Waals surface area contributed by atoms with Gasteiger partial charge in [-0.15, -0.1) is 0 Å². The van der Waals surface area contributed by atoms with E-state index in [2.05, 4.69) is 5.10 Å². The van der Waals surface area contributed by atoms with E-state index in [-0.39, 0.29) is 11.1 Å². The summed E-state index contributed by atoms with van der Waals surface area (Å²) in [6.45, 7) is 11.5. The largest absolute Gasteiger partial charge is 0.259 e. The Morgan fingerprint density at radius 1 is 0.952 bits per heavy atom. The monoisotopic (exact) mass is 298 g/mol. The zero-order valence-corrected chi connectivity index (χ0v) is 13.3. The van der Waals surface area contributed by atoms with Crippen LogP contribution in [0.1, 0.15) is 40.2 Å². The van der Waals surface area contributed by atoms with Crippen LogP contribution in [-0.2, 0) is 5.54 Å². The smallest absolute Gasteiger partial charge is 0.161 e. The van der Waals surface area contributed by atoms with Crippen LogP contribution in [-0.4, -0.2) is 9.78 Å². The lowest BCUT2D eigenvalue weighted by molar-refractivity contribution is 0.359. The predicted octanol–water partition coefficient (Wildman–Crippen LogP) is 5.06. The van der Waals surface area contributed by atoms with Crippen molar-refractivity contribution >= 4 is 0 Å². The fourth-order valence-corrected chi connectivity index (χ4v) is 1.97. The average Bonchev–Trinajstić information content (AvgIpc) is 2.78. The fourth-order valence-electron chi connectivity index (χ4n) is 1.97. The molecule has 1 aromatic carbocycles. The number of hydrogen-bond donors (Lipinski definition) is 0. The van der Waals surface area contributed by atoms with Gasteiger partial charge < -0.3 is 0 Å². The quantitative estimate of drug-likeness (QED) is 0.673. The van der Waals surface area contributed by atoms with Crippen molar-refractivity contribution in [2.24, 2.45) is 0 Å². The third kappa shape index (κ3) is 3.46. The van der Waals surface area contributed by atoms with E-state index >= 15 is 0 Å². The Bertz CT molecular complexity index is 625. The summed E-state index contributed by atoms with van der Waals surface area (Å²) in [5.41, 5.74) is 0.800.